The van der Waals surface area contributed by atoms with Crippen molar-refractivity contribution in [2.75, 3.05) is 0 Å². The lowest BCUT2D eigenvalue weighted by Crippen LogP contribution is -2.17. The summed E-state index contributed by atoms with van der Waals surface area (Å²) >= 11 is 0. The van der Waals surface area contributed by atoms with Crippen LogP contribution in [0.5, 0.6) is 0 Å². The van der Waals surface area contributed by atoms with Crippen LogP contribution < -0.4 is 0 Å². The van der Waals surface area contributed by atoms with Gasteiger partial charge in [-0.15, -0.1) is 0 Å². The van der Waals surface area contributed by atoms with Crippen molar-refractivity contribution in [1.82, 2.24) is 0 Å². The molecule has 0 spiro atoms. The highest BCUT2D eigenvalue weighted by Gasteiger charge is 2.31. The fraction of sp³-hybridized carbons (Fsp3) is 0.0870. The van der Waals surface area contributed by atoms with Crippen molar-refractivity contribution in [1.29, 1.82) is 0 Å². The number of hydrogen-bond donors (Lipinski definition) is 1. The molecule has 0 aliphatic heterocycles. The summed E-state index contributed by atoms with van der Waals surface area (Å²) in [7, 11) is 0. The fourth-order valence-electron chi connectivity index (χ4n) is 3.72. The highest BCUT2D eigenvalue weighted by molar-refractivity contribution is 6.02. The van der Waals surface area contributed by atoms with E-state index in [9.17, 15) is 9.90 Å². The SMILES string of the molecule is O=C(O)C1=C(c2ccccc2)c2ccccc2C(c2ccccc2)C1. The Bertz CT molecular complexity index is 940. The molecule has 1 N–H and O–H groups in total. The minimum Gasteiger partial charge on any atom is -0.478 e. The van der Waals surface area contributed by atoms with Crippen LogP contribution in [0.1, 0.15) is 34.6 Å². The second-order valence-electron chi connectivity index (χ2n) is 6.28. The summed E-state index contributed by atoms with van der Waals surface area (Å²) < 4.78 is 0. The molecule has 0 fully saturated rings. The summed E-state index contributed by atoms with van der Waals surface area (Å²) in [5, 5.41) is 9.90. The predicted molar refractivity (Wildman–Crippen MR) is 99.4 cm³/mol. The molecule has 0 bridgehead atoms. The zero-order chi connectivity index (χ0) is 17.2. The Hall–Kier alpha value is -3.13. The van der Waals surface area contributed by atoms with E-state index in [-0.39, 0.29) is 5.92 Å². The lowest BCUT2D eigenvalue weighted by molar-refractivity contribution is -0.132. The molecule has 3 aromatic rings. The number of carbonyl (C=O) groups is 1. The second kappa shape index (κ2) is 6.40. The van der Waals surface area contributed by atoms with Crippen LogP contribution in [0.25, 0.3) is 5.57 Å². The van der Waals surface area contributed by atoms with E-state index in [0.717, 1.165) is 22.3 Å². The minimum atomic E-state index is -0.839. The van der Waals surface area contributed by atoms with E-state index in [1.165, 1.54) is 5.56 Å². The third kappa shape index (κ3) is 2.76. The zero-order valence-corrected chi connectivity index (χ0v) is 13.7. The van der Waals surface area contributed by atoms with Crippen LogP contribution in [-0.2, 0) is 4.79 Å². The first-order valence-electron chi connectivity index (χ1n) is 8.42. The molecule has 0 amide bonds. The quantitative estimate of drug-likeness (QED) is 0.726. The molecule has 4 rings (SSSR count). The maximum Gasteiger partial charge on any atom is 0.332 e. The molecule has 25 heavy (non-hydrogen) atoms. The zero-order valence-electron chi connectivity index (χ0n) is 13.7. The van der Waals surface area contributed by atoms with E-state index in [2.05, 4.69) is 18.2 Å². The van der Waals surface area contributed by atoms with Crippen LogP contribution in [0.2, 0.25) is 0 Å². The van der Waals surface area contributed by atoms with E-state index >= 15 is 0 Å². The average molecular weight is 326 g/mol. The van der Waals surface area contributed by atoms with Gasteiger partial charge in [0.05, 0.1) is 0 Å². The summed E-state index contributed by atoms with van der Waals surface area (Å²) in [5.74, 6) is -0.773. The van der Waals surface area contributed by atoms with E-state index in [1.54, 1.807) is 0 Å². The normalized spacial score (nSPS) is 16.4. The van der Waals surface area contributed by atoms with Crippen LogP contribution in [0, 0.1) is 0 Å². The molecule has 3 aromatic carbocycles. The van der Waals surface area contributed by atoms with Crippen molar-refractivity contribution >= 4 is 11.5 Å². The van der Waals surface area contributed by atoms with Crippen molar-refractivity contribution in [3.05, 3.63) is 113 Å². The molecule has 122 valence electrons. The number of rotatable bonds is 3. The Balaban J connectivity index is 1.96. The molecule has 0 saturated heterocycles. The van der Waals surface area contributed by atoms with Crippen LogP contribution in [0.4, 0.5) is 0 Å². The Morgan fingerprint density at radius 2 is 1.40 bits per heavy atom. The van der Waals surface area contributed by atoms with Gasteiger partial charge in [-0.1, -0.05) is 84.9 Å². The Morgan fingerprint density at radius 1 is 0.800 bits per heavy atom. The Morgan fingerprint density at radius 3 is 2.08 bits per heavy atom. The predicted octanol–water partition coefficient (Wildman–Crippen LogP) is 5.11. The third-order valence-electron chi connectivity index (χ3n) is 4.84. The number of carboxylic acids is 1. The third-order valence-corrected chi connectivity index (χ3v) is 4.84. The van der Waals surface area contributed by atoms with E-state index in [4.69, 9.17) is 0 Å². The van der Waals surface area contributed by atoms with Gasteiger partial charge < -0.3 is 5.11 Å². The monoisotopic (exact) mass is 326 g/mol. The largest absolute Gasteiger partial charge is 0.478 e. The molecule has 2 nitrogen and oxygen atoms in total. The maximum atomic E-state index is 12.1. The number of aliphatic carboxylic acids is 1. The molecule has 1 atom stereocenters. The molecule has 1 unspecified atom stereocenters. The fourth-order valence-corrected chi connectivity index (χ4v) is 3.72. The van der Waals surface area contributed by atoms with Crippen molar-refractivity contribution in [2.24, 2.45) is 0 Å². The molecule has 0 radical (unpaired) electrons. The molecule has 0 saturated carbocycles. The second-order valence-corrected chi connectivity index (χ2v) is 6.28. The van der Waals surface area contributed by atoms with Gasteiger partial charge in [0.25, 0.3) is 0 Å². The van der Waals surface area contributed by atoms with Gasteiger partial charge in [-0.05, 0) is 34.2 Å². The van der Waals surface area contributed by atoms with Crippen LogP contribution in [0.15, 0.2) is 90.5 Å². The summed E-state index contributed by atoms with van der Waals surface area (Å²) in [6, 6.07) is 28.2. The van der Waals surface area contributed by atoms with Gasteiger partial charge >= 0.3 is 5.97 Å². The van der Waals surface area contributed by atoms with Gasteiger partial charge in [0.15, 0.2) is 0 Å². The van der Waals surface area contributed by atoms with Gasteiger partial charge in [-0.3, -0.25) is 0 Å². The van der Waals surface area contributed by atoms with Crippen molar-refractivity contribution in [3.8, 4) is 0 Å². The summed E-state index contributed by atoms with van der Waals surface area (Å²) in [5.41, 5.74) is 5.65. The number of carboxylic acid groups (broad SMARTS) is 1. The van der Waals surface area contributed by atoms with Gasteiger partial charge in [-0.2, -0.15) is 0 Å². The van der Waals surface area contributed by atoms with E-state index in [1.807, 2.05) is 66.7 Å². The van der Waals surface area contributed by atoms with Crippen LogP contribution in [0.3, 0.4) is 0 Å². The first kappa shape index (κ1) is 15.4. The highest BCUT2D eigenvalue weighted by atomic mass is 16.4. The number of fused-ring (bicyclic) bond motifs is 1. The lowest BCUT2D eigenvalue weighted by Gasteiger charge is -2.29. The van der Waals surface area contributed by atoms with Crippen LogP contribution >= 0.6 is 0 Å². The number of benzene rings is 3. The maximum absolute atomic E-state index is 12.1. The Kier molecular flexibility index (Phi) is 3.95. The van der Waals surface area contributed by atoms with Gasteiger partial charge in [0.2, 0.25) is 0 Å². The van der Waals surface area contributed by atoms with Crippen LogP contribution in [-0.4, -0.2) is 11.1 Å². The first-order chi connectivity index (χ1) is 12.3. The molecule has 2 heteroatoms. The summed E-state index contributed by atoms with van der Waals surface area (Å²) in [4.78, 5) is 12.1. The molecule has 1 aliphatic rings. The van der Waals surface area contributed by atoms with Gasteiger partial charge in [0.1, 0.15) is 0 Å². The van der Waals surface area contributed by atoms with Gasteiger partial charge in [0, 0.05) is 11.5 Å². The molecule has 0 heterocycles. The topological polar surface area (TPSA) is 37.3 Å². The molecular weight excluding hydrogens is 308 g/mol. The van der Waals surface area contributed by atoms with E-state index in [0.29, 0.717) is 12.0 Å². The average Bonchev–Trinajstić information content (AvgIpc) is 2.68. The first-order valence-corrected chi connectivity index (χ1v) is 8.42. The lowest BCUT2D eigenvalue weighted by atomic mass is 9.74. The Labute approximate surface area is 147 Å². The minimum absolute atomic E-state index is 0.0657. The van der Waals surface area contributed by atoms with Crippen molar-refractivity contribution in [3.63, 3.8) is 0 Å². The van der Waals surface area contributed by atoms with Crippen molar-refractivity contribution in [2.45, 2.75) is 12.3 Å². The summed E-state index contributed by atoms with van der Waals surface area (Å²) in [6.45, 7) is 0. The smallest absolute Gasteiger partial charge is 0.332 e. The van der Waals surface area contributed by atoms with Crippen molar-refractivity contribution < 1.29 is 9.90 Å². The highest BCUT2D eigenvalue weighted by Crippen LogP contribution is 2.44. The molecule has 0 aromatic heterocycles. The summed E-state index contributed by atoms with van der Waals surface area (Å²) in [6.07, 6.45) is 0.501. The van der Waals surface area contributed by atoms with Gasteiger partial charge in [-0.25, -0.2) is 4.79 Å². The standard InChI is InChI=1S/C23H18O2/c24-23(25)21-15-20(16-9-3-1-4-10-16)18-13-7-8-14-19(18)22(21)17-11-5-2-6-12-17/h1-14,20H,15H2,(H,24,25). The molecular formula is C23H18O2. The molecule has 1 aliphatic carbocycles. The van der Waals surface area contributed by atoms with E-state index < -0.39 is 5.97 Å². The number of hydrogen-bond acceptors (Lipinski definition) is 1.